The Hall–Kier alpha value is -1.14. The van der Waals surface area contributed by atoms with Crippen molar-refractivity contribution in [3.63, 3.8) is 0 Å². The first-order chi connectivity index (χ1) is 15.7. The Morgan fingerprint density at radius 1 is 0.438 bits per heavy atom. The zero-order chi connectivity index (χ0) is 23.5. The van der Waals surface area contributed by atoms with Crippen LogP contribution in [0.2, 0.25) is 0 Å². The fourth-order valence-electron chi connectivity index (χ4n) is 3.13. The van der Waals surface area contributed by atoms with Crippen LogP contribution in [0.4, 0.5) is 0 Å². The van der Waals surface area contributed by atoms with Crippen molar-refractivity contribution in [3.05, 3.63) is 0 Å². The van der Waals surface area contributed by atoms with Gasteiger partial charge in [-0.3, -0.25) is 9.59 Å². The highest BCUT2D eigenvalue weighted by Crippen LogP contribution is 2.11. The molecule has 190 valence electrons. The number of carbonyl (C=O) groups excluding carboxylic acids is 2. The van der Waals surface area contributed by atoms with Gasteiger partial charge in [0.25, 0.3) is 0 Å². The van der Waals surface area contributed by atoms with Gasteiger partial charge in [0.15, 0.2) is 0 Å². The summed E-state index contributed by atoms with van der Waals surface area (Å²) >= 11 is 0. The van der Waals surface area contributed by atoms with E-state index >= 15 is 0 Å². The largest absolute Gasteiger partial charge is 0.466 e. The first kappa shape index (κ1) is 30.9. The summed E-state index contributed by atoms with van der Waals surface area (Å²) in [6.07, 6.45) is 15.7. The van der Waals surface area contributed by atoms with Crippen molar-refractivity contribution in [3.8, 4) is 0 Å². The standard InChI is InChI=1S/C26H50O6/c1-3-5-19-29-21-15-23-31-25(27)17-13-11-9-7-8-10-12-14-18-26(28)32-24-16-22-30-20-6-4-2/h3-24H2,1-2H3. The fourth-order valence-corrected chi connectivity index (χ4v) is 3.13. The lowest BCUT2D eigenvalue weighted by atomic mass is 10.1. The van der Waals surface area contributed by atoms with Gasteiger partial charge >= 0.3 is 11.9 Å². The van der Waals surface area contributed by atoms with Crippen molar-refractivity contribution in [2.45, 2.75) is 117 Å². The Labute approximate surface area is 197 Å². The molecule has 32 heavy (non-hydrogen) atoms. The summed E-state index contributed by atoms with van der Waals surface area (Å²) < 4.78 is 21.3. The van der Waals surface area contributed by atoms with Crippen LogP contribution in [-0.2, 0) is 28.5 Å². The van der Waals surface area contributed by atoms with Crippen molar-refractivity contribution in [2.75, 3.05) is 39.6 Å². The van der Waals surface area contributed by atoms with Crippen LogP contribution >= 0.6 is 0 Å². The minimum atomic E-state index is -0.0885. The molecule has 0 N–H and O–H groups in total. The molecule has 0 aromatic carbocycles. The third-order valence-corrected chi connectivity index (χ3v) is 5.19. The van der Waals surface area contributed by atoms with Crippen LogP contribution in [0, 0.1) is 0 Å². The Morgan fingerprint density at radius 2 is 0.781 bits per heavy atom. The van der Waals surface area contributed by atoms with E-state index in [4.69, 9.17) is 18.9 Å². The molecule has 0 amide bonds. The Morgan fingerprint density at radius 3 is 1.16 bits per heavy atom. The zero-order valence-electron chi connectivity index (χ0n) is 21.0. The summed E-state index contributed by atoms with van der Waals surface area (Å²) in [5.74, 6) is -0.177. The molecule has 6 nitrogen and oxygen atoms in total. The maximum absolute atomic E-state index is 11.7. The van der Waals surface area contributed by atoms with Crippen LogP contribution < -0.4 is 0 Å². The van der Waals surface area contributed by atoms with Gasteiger partial charge in [0, 0.05) is 52.1 Å². The number of hydrogen-bond acceptors (Lipinski definition) is 6. The molecule has 0 aromatic heterocycles. The molecule has 0 rings (SSSR count). The summed E-state index contributed by atoms with van der Waals surface area (Å²) in [6, 6.07) is 0. The second-order valence-electron chi connectivity index (χ2n) is 8.41. The highest BCUT2D eigenvalue weighted by Gasteiger charge is 2.04. The average Bonchev–Trinajstić information content (AvgIpc) is 2.79. The smallest absolute Gasteiger partial charge is 0.305 e. The minimum Gasteiger partial charge on any atom is -0.466 e. The molecule has 0 aromatic rings. The summed E-state index contributed by atoms with van der Waals surface area (Å²) in [5, 5.41) is 0. The molecule has 0 saturated heterocycles. The van der Waals surface area contributed by atoms with Crippen molar-refractivity contribution >= 4 is 11.9 Å². The summed E-state index contributed by atoms with van der Waals surface area (Å²) in [4.78, 5) is 23.3. The molecule has 6 heteroatoms. The normalized spacial score (nSPS) is 10.9. The van der Waals surface area contributed by atoms with Gasteiger partial charge in [-0.1, -0.05) is 65.2 Å². The van der Waals surface area contributed by atoms with Crippen molar-refractivity contribution in [1.82, 2.24) is 0 Å². The van der Waals surface area contributed by atoms with E-state index in [1.54, 1.807) is 0 Å². The van der Waals surface area contributed by atoms with Crippen LogP contribution in [-0.4, -0.2) is 51.6 Å². The Kier molecular flexibility index (Phi) is 25.2. The molecule has 0 atom stereocenters. The lowest BCUT2D eigenvalue weighted by Crippen LogP contribution is -2.08. The van der Waals surface area contributed by atoms with Gasteiger partial charge < -0.3 is 18.9 Å². The topological polar surface area (TPSA) is 71.1 Å². The lowest BCUT2D eigenvalue weighted by molar-refractivity contribution is -0.145. The fraction of sp³-hybridized carbons (Fsp3) is 0.923. The van der Waals surface area contributed by atoms with E-state index in [9.17, 15) is 9.59 Å². The molecular formula is C26H50O6. The van der Waals surface area contributed by atoms with E-state index < -0.39 is 0 Å². The predicted octanol–water partition coefficient (Wildman–Crippen LogP) is 6.39. The molecule has 0 bridgehead atoms. The van der Waals surface area contributed by atoms with Crippen LogP contribution in [0.1, 0.15) is 117 Å². The molecule has 0 spiro atoms. The third-order valence-electron chi connectivity index (χ3n) is 5.19. The Bertz CT molecular complexity index is 375. The average molecular weight is 459 g/mol. The first-order valence-electron chi connectivity index (χ1n) is 13.2. The molecule has 0 unspecified atom stereocenters. The number of ether oxygens (including phenoxy) is 4. The lowest BCUT2D eigenvalue weighted by Gasteiger charge is -2.06. The molecule has 0 heterocycles. The predicted molar refractivity (Wildman–Crippen MR) is 129 cm³/mol. The molecule has 0 saturated carbocycles. The van der Waals surface area contributed by atoms with Gasteiger partial charge in [-0.2, -0.15) is 0 Å². The second kappa shape index (κ2) is 26.1. The van der Waals surface area contributed by atoms with Crippen molar-refractivity contribution < 1.29 is 28.5 Å². The first-order valence-corrected chi connectivity index (χ1v) is 13.2. The molecule has 0 radical (unpaired) electrons. The van der Waals surface area contributed by atoms with Gasteiger partial charge in [0.1, 0.15) is 0 Å². The quantitative estimate of drug-likeness (QED) is 0.117. The molecule has 0 aliphatic rings. The zero-order valence-corrected chi connectivity index (χ0v) is 21.0. The van der Waals surface area contributed by atoms with Gasteiger partial charge in [0.05, 0.1) is 13.2 Å². The van der Waals surface area contributed by atoms with Gasteiger partial charge in [-0.15, -0.1) is 0 Å². The maximum atomic E-state index is 11.7. The molecular weight excluding hydrogens is 408 g/mol. The summed E-state index contributed by atoms with van der Waals surface area (Å²) in [7, 11) is 0. The number of unbranched alkanes of at least 4 members (excludes halogenated alkanes) is 9. The summed E-state index contributed by atoms with van der Waals surface area (Å²) in [6.45, 7) is 8.14. The summed E-state index contributed by atoms with van der Waals surface area (Å²) in [5.41, 5.74) is 0. The highest BCUT2D eigenvalue weighted by atomic mass is 16.5. The second-order valence-corrected chi connectivity index (χ2v) is 8.41. The van der Waals surface area contributed by atoms with E-state index in [1.165, 1.54) is 12.8 Å². The van der Waals surface area contributed by atoms with E-state index in [1.807, 2.05) is 0 Å². The number of esters is 2. The highest BCUT2D eigenvalue weighted by molar-refractivity contribution is 5.69. The van der Waals surface area contributed by atoms with Crippen LogP contribution in [0.5, 0.6) is 0 Å². The van der Waals surface area contributed by atoms with E-state index in [-0.39, 0.29) is 11.9 Å². The van der Waals surface area contributed by atoms with Crippen molar-refractivity contribution in [2.24, 2.45) is 0 Å². The van der Waals surface area contributed by atoms with Crippen LogP contribution in [0.3, 0.4) is 0 Å². The molecule has 0 aliphatic heterocycles. The van der Waals surface area contributed by atoms with Gasteiger partial charge in [0.2, 0.25) is 0 Å². The maximum Gasteiger partial charge on any atom is 0.305 e. The van der Waals surface area contributed by atoms with Crippen LogP contribution in [0.15, 0.2) is 0 Å². The molecule has 0 fully saturated rings. The van der Waals surface area contributed by atoms with Gasteiger partial charge in [-0.05, 0) is 25.7 Å². The monoisotopic (exact) mass is 458 g/mol. The number of hydrogen-bond donors (Lipinski definition) is 0. The SMILES string of the molecule is CCCCOCCCOC(=O)CCCCCCCCCCC(=O)OCCCOCCCC. The molecule has 0 aliphatic carbocycles. The van der Waals surface area contributed by atoms with Crippen LogP contribution in [0.25, 0.3) is 0 Å². The number of carbonyl (C=O) groups is 2. The number of rotatable bonds is 25. The van der Waals surface area contributed by atoms with E-state index in [0.29, 0.717) is 39.3 Å². The van der Waals surface area contributed by atoms with E-state index in [0.717, 1.165) is 90.3 Å². The minimum absolute atomic E-state index is 0.0885. The van der Waals surface area contributed by atoms with Crippen molar-refractivity contribution in [1.29, 1.82) is 0 Å². The van der Waals surface area contributed by atoms with E-state index in [2.05, 4.69) is 13.8 Å². The Balaban J connectivity index is 3.23. The van der Waals surface area contributed by atoms with Gasteiger partial charge in [-0.25, -0.2) is 0 Å². The third kappa shape index (κ3) is 25.1.